The number of aliphatic carboxylic acids is 1. The molecule has 0 aromatic heterocycles. The molecule has 0 aromatic carbocycles. The van der Waals surface area contributed by atoms with Crippen LogP contribution < -0.4 is 33.6 Å². The standard InChI is InChI=1S/C15H29N7O5S/c1-28-6-4-8(16)12(24)21-9(3-2-5-20-15(18)19)13(25)22-10(14(26)27)7-11(17)23/h8-10H,2-7,16H2,1H3,(H2,17,23)(H,21,24)(H,22,25)(H,26,27)(H4,18,19,20)/t8-,9-,10-/m0/s1. The van der Waals surface area contributed by atoms with E-state index in [1.807, 2.05) is 6.26 Å². The fraction of sp³-hybridized carbons (Fsp3) is 0.667. The van der Waals surface area contributed by atoms with Crippen molar-refractivity contribution in [3.63, 3.8) is 0 Å². The van der Waals surface area contributed by atoms with Crippen molar-refractivity contribution in [1.29, 1.82) is 0 Å². The lowest BCUT2D eigenvalue weighted by Gasteiger charge is -2.22. The van der Waals surface area contributed by atoms with E-state index in [0.29, 0.717) is 18.6 Å². The van der Waals surface area contributed by atoms with Crippen LogP contribution in [0.4, 0.5) is 0 Å². The number of guanidine groups is 1. The molecule has 0 radical (unpaired) electrons. The third-order valence-corrected chi connectivity index (χ3v) is 4.21. The van der Waals surface area contributed by atoms with Crippen LogP contribution in [0.3, 0.4) is 0 Å². The van der Waals surface area contributed by atoms with E-state index in [2.05, 4.69) is 15.6 Å². The van der Waals surface area contributed by atoms with E-state index in [1.165, 1.54) is 11.8 Å². The van der Waals surface area contributed by atoms with Crippen LogP contribution in [-0.4, -0.2) is 71.4 Å². The Bertz CT molecular complexity index is 583. The number of carboxylic acids is 1. The molecule has 0 unspecified atom stereocenters. The lowest BCUT2D eigenvalue weighted by molar-refractivity contribution is -0.143. The quantitative estimate of drug-likeness (QED) is 0.0865. The summed E-state index contributed by atoms with van der Waals surface area (Å²) in [6.07, 6.45) is 2.17. The van der Waals surface area contributed by atoms with Crippen molar-refractivity contribution in [2.45, 2.75) is 43.8 Å². The van der Waals surface area contributed by atoms with Gasteiger partial charge in [0, 0.05) is 6.54 Å². The van der Waals surface area contributed by atoms with Gasteiger partial charge in [0.15, 0.2) is 5.96 Å². The average molecular weight is 420 g/mol. The molecule has 11 N–H and O–H groups in total. The number of hydrogen-bond acceptors (Lipinski definition) is 7. The third-order valence-electron chi connectivity index (χ3n) is 3.57. The predicted octanol–water partition coefficient (Wildman–Crippen LogP) is -2.95. The van der Waals surface area contributed by atoms with E-state index in [4.69, 9.17) is 28.0 Å². The molecule has 0 aliphatic carbocycles. The Labute approximate surface area is 167 Å². The molecule has 0 heterocycles. The van der Waals surface area contributed by atoms with E-state index >= 15 is 0 Å². The number of aliphatic imine (C=N–C) groups is 1. The van der Waals surface area contributed by atoms with Crippen molar-refractivity contribution in [3.8, 4) is 0 Å². The molecule has 0 saturated carbocycles. The highest BCUT2D eigenvalue weighted by molar-refractivity contribution is 7.98. The molecule has 0 aromatic rings. The van der Waals surface area contributed by atoms with E-state index in [9.17, 15) is 19.2 Å². The van der Waals surface area contributed by atoms with E-state index in [1.54, 1.807) is 0 Å². The van der Waals surface area contributed by atoms with Crippen LogP contribution in [0, 0.1) is 0 Å². The highest BCUT2D eigenvalue weighted by atomic mass is 32.2. The molecule has 0 rings (SSSR count). The van der Waals surface area contributed by atoms with Crippen LogP contribution in [-0.2, 0) is 19.2 Å². The normalized spacial score (nSPS) is 13.6. The summed E-state index contributed by atoms with van der Waals surface area (Å²) in [5, 5.41) is 13.8. The zero-order valence-corrected chi connectivity index (χ0v) is 16.5. The highest BCUT2D eigenvalue weighted by Crippen LogP contribution is 2.04. The van der Waals surface area contributed by atoms with Gasteiger partial charge in [-0.25, -0.2) is 4.79 Å². The summed E-state index contributed by atoms with van der Waals surface area (Å²) in [6, 6.07) is -3.40. The minimum absolute atomic E-state index is 0.114. The number of primary amides is 1. The minimum Gasteiger partial charge on any atom is -0.480 e. The molecule has 0 aliphatic rings. The Morgan fingerprint density at radius 3 is 2.14 bits per heavy atom. The molecule has 12 nitrogen and oxygen atoms in total. The SMILES string of the molecule is CSCC[C@H](N)C(=O)N[C@@H](CCCN=C(N)N)C(=O)N[C@@H](CC(N)=O)C(=O)O. The fourth-order valence-electron chi connectivity index (χ4n) is 2.10. The summed E-state index contributed by atoms with van der Waals surface area (Å²) in [5.41, 5.74) is 21.3. The van der Waals surface area contributed by atoms with Crippen LogP contribution >= 0.6 is 11.8 Å². The summed E-state index contributed by atoms with van der Waals surface area (Å²) in [7, 11) is 0. The van der Waals surface area contributed by atoms with Gasteiger partial charge in [0.25, 0.3) is 0 Å². The number of nitrogens with one attached hydrogen (secondary N) is 2. The maximum Gasteiger partial charge on any atom is 0.326 e. The van der Waals surface area contributed by atoms with Crippen LogP contribution in [0.25, 0.3) is 0 Å². The Kier molecular flexibility index (Phi) is 12.4. The van der Waals surface area contributed by atoms with Gasteiger partial charge >= 0.3 is 5.97 Å². The first-order valence-corrected chi connectivity index (χ1v) is 9.89. The highest BCUT2D eigenvalue weighted by Gasteiger charge is 2.28. The molecule has 0 bridgehead atoms. The molecule has 0 fully saturated rings. The number of amides is 3. The summed E-state index contributed by atoms with van der Waals surface area (Å²) in [4.78, 5) is 50.7. The van der Waals surface area contributed by atoms with Crippen molar-refractivity contribution in [2.75, 3.05) is 18.6 Å². The third kappa shape index (κ3) is 11.2. The molecule has 13 heteroatoms. The molecule has 3 atom stereocenters. The van der Waals surface area contributed by atoms with Gasteiger partial charge in [-0.3, -0.25) is 19.4 Å². The van der Waals surface area contributed by atoms with Gasteiger partial charge in [0.1, 0.15) is 12.1 Å². The second-order valence-corrected chi connectivity index (χ2v) is 6.95. The summed E-state index contributed by atoms with van der Waals surface area (Å²) in [5.74, 6) is -3.08. The van der Waals surface area contributed by atoms with Gasteiger partial charge in [-0.2, -0.15) is 11.8 Å². The van der Waals surface area contributed by atoms with Gasteiger partial charge in [-0.15, -0.1) is 0 Å². The van der Waals surface area contributed by atoms with Crippen molar-refractivity contribution in [2.24, 2.45) is 27.9 Å². The number of carbonyl (C=O) groups excluding carboxylic acids is 3. The van der Waals surface area contributed by atoms with Crippen molar-refractivity contribution in [3.05, 3.63) is 0 Å². The lowest BCUT2D eigenvalue weighted by atomic mass is 10.1. The maximum atomic E-state index is 12.5. The van der Waals surface area contributed by atoms with Crippen molar-refractivity contribution < 1.29 is 24.3 Å². The number of nitrogens with zero attached hydrogens (tertiary/aromatic N) is 1. The zero-order chi connectivity index (χ0) is 21.7. The van der Waals surface area contributed by atoms with E-state index in [-0.39, 0.29) is 18.9 Å². The molecule has 0 spiro atoms. The average Bonchev–Trinajstić information content (AvgIpc) is 2.60. The minimum atomic E-state index is -1.51. The number of hydrogen-bond donors (Lipinski definition) is 7. The Balaban J connectivity index is 5.09. The molecular weight excluding hydrogens is 390 g/mol. The Morgan fingerprint density at radius 1 is 1.04 bits per heavy atom. The first kappa shape index (κ1) is 25.5. The van der Waals surface area contributed by atoms with E-state index < -0.39 is 48.2 Å². The number of rotatable bonds is 14. The largest absolute Gasteiger partial charge is 0.480 e. The van der Waals surface area contributed by atoms with Crippen molar-refractivity contribution >= 4 is 41.4 Å². The van der Waals surface area contributed by atoms with Gasteiger partial charge in [-0.05, 0) is 31.3 Å². The Hall–Kier alpha value is -2.54. The monoisotopic (exact) mass is 419 g/mol. The Morgan fingerprint density at radius 2 is 1.64 bits per heavy atom. The van der Waals surface area contributed by atoms with Gasteiger partial charge < -0.3 is 38.7 Å². The second kappa shape index (κ2) is 13.6. The number of carboxylic acid groups (broad SMARTS) is 1. The van der Waals surface area contributed by atoms with Crippen LogP contribution in [0.1, 0.15) is 25.7 Å². The second-order valence-electron chi connectivity index (χ2n) is 5.97. The number of nitrogens with two attached hydrogens (primary N) is 4. The number of thioether (sulfide) groups is 1. The van der Waals surface area contributed by atoms with Gasteiger partial charge in [0.2, 0.25) is 17.7 Å². The first-order chi connectivity index (χ1) is 13.1. The summed E-state index contributed by atoms with van der Waals surface area (Å²) in [6.45, 7) is 0.212. The topological polar surface area (TPSA) is 229 Å². The fourth-order valence-corrected chi connectivity index (χ4v) is 2.59. The molecule has 160 valence electrons. The van der Waals surface area contributed by atoms with Crippen LogP contribution in [0.15, 0.2) is 4.99 Å². The van der Waals surface area contributed by atoms with Gasteiger partial charge in [-0.1, -0.05) is 0 Å². The van der Waals surface area contributed by atoms with Crippen LogP contribution in [0.5, 0.6) is 0 Å². The molecular formula is C15H29N7O5S. The zero-order valence-electron chi connectivity index (χ0n) is 15.7. The molecule has 0 saturated heterocycles. The predicted molar refractivity (Wildman–Crippen MR) is 106 cm³/mol. The van der Waals surface area contributed by atoms with Gasteiger partial charge in [0.05, 0.1) is 12.5 Å². The van der Waals surface area contributed by atoms with Crippen molar-refractivity contribution in [1.82, 2.24) is 10.6 Å². The summed E-state index contributed by atoms with van der Waals surface area (Å²) < 4.78 is 0. The molecule has 3 amide bonds. The smallest absolute Gasteiger partial charge is 0.326 e. The van der Waals surface area contributed by atoms with E-state index in [0.717, 1.165) is 0 Å². The first-order valence-electron chi connectivity index (χ1n) is 8.50. The maximum absolute atomic E-state index is 12.5. The number of carbonyl (C=O) groups is 4. The molecule has 0 aliphatic heterocycles. The molecule has 28 heavy (non-hydrogen) atoms. The summed E-state index contributed by atoms with van der Waals surface area (Å²) >= 11 is 1.52. The van der Waals surface area contributed by atoms with Crippen LogP contribution in [0.2, 0.25) is 0 Å². The lowest BCUT2D eigenvalue weighted by Crippen LogP contribution is -2.55.